The minimum atomic E-state index is -3.74. The van der Waals surface area contributed by atoms with E-state index in [1.807, 2.05) is 24.3 Å². The van der Waals surface area contributed by atoms with E-state index in [0.717, 1.165) is 17.7 Å². The number of carbonyl (C=O) groups excluding carboxylic acids is 1. The average molecular weight is 397 g/mol. The second-order valence-corrected chi connectivity index (χ2v) is 8.45. The van der Waals surface area contributed by atoms with Gasteiger partial charge in [-0.1, -0.05) is 35.9 Å². The fourth-order valence-electron chi connectivity index (χ4n) is 2.52. The fraction of sp³-hybridized carbons (Fsp3) is 0.278. The summed E-state index contributed by atoms with van der Waals surface area (Å²) in [6.45, 7) is 1.20. The van der Waals surface area contributed by atoms with E-state index in [9.17, 15) is 13.2 Å². The van der Waals surface area contributed by atoms with Crippen LogP contribution in [-0.2, 0) is 23.1 Å². The molecule has 0 aliphatic carbocycles. The van der Waals surface area contributed by atoms with Gasteiger partial charge >= 0.3 is 0 Å². The molecule has 2 rings (SSSR count). The summed E-state index contributed by atoms with van der Waals surface area (Å²) < 4.78 is 26.2. The third kappa shape index (κ3) is 5.04. The first kappa shape index (κ1) is 20.4. The minimum Gasteiger partial charge on any atom is -0.348 e. The highest BCUT2D eigenvalue weighted by molar-refractivity contribution is 7.89. The van der Waals surface area contributed by atoms with Gasteiger partial charge in [0.05, 0.1) is 19.1 Å². The van der Waals surface area contributed by atoms with Crippen molar-refractivity contribution in [3.8, 4) is 0 Å². The topological polar surface area (TPSA) is 79.7 Å². The molecule has 0 saturated carbocycles. The molecule has 140 valence electrons. The van der Waals surface area contributed by atoms with E-state index in [1.165, 1.54) is 30.1 Å². The lowest BCUT2D eigenvalue weighted by Crippen LogP contribution is -3.04. The summed E-state index contributed by atoms with van der Waals surface area (Å²) in [5.74, 6) is -0.360. The van der Waals surface area contributed by atoms with Gasteiger partial charge in [-0.3, -0.25) is 4.79 Å². The molecule has 6 nitrogen and oxygen atoms in total. The van der Waals surface area contributed by atoms with Gasteiger partial charge in [-0.05, 0) is 30.8 Å². The maximum Gasteiger partial charge on any atom is 0.251 e. The van der Waals surface area contributed by atoms with Crippen LogP contribution in [0, 0.1) is 0 Å². The van der Waals surface area contributed by atoms with Crippen molar-refractivity contribution < 1.29 is 18.1 Å². The molecule has 2 aromatic rings. The van der Waals surface area contributed by atoms with Gasteiger partial charge in [0.2, 0.25) is 10.0 Å². The summed E-state index contributed by atoms with van der Waals surface area (Å²) in [6, 6.07) is 12.1. The van der Waals surface area contributed by atoms with Gasteiger partial charge in [-0.15, -0.1) is 0 Å². The Morgan fingerprint density at radius 1 is 1.12 bits per heavy atom. The van der Waals surface area contributed by atoms with Gasteiger partial charge in [0.15, 0.2) is 0 Å². The zero-order chi connectivity index (χ0) is 19.3. The maximum atomic E-state index is 12.5. The summed E-state index contributed by atoms with van der Waals surface area (Å²) >= 11 is 5.95. The van der Waals surface area contributed by atoms with E-state index in [2.05, 4.69) is 24.1 Å². The molecule has 2 aromatic carbocycles. The molecule has 3 N–H and O–H groups in total. The summed E-state index contributed by atoms with van der Waals surface area (Å²) in [5, 5.41) is 2.90. The molecule has 1 amide bonds. The lowest BCUT2D eigenvalue weighted by Gasteiger charge is -2.13. The van der Waals surface area contributed by atoms with Gasteiger partial charge < -0.3 is 10.2 Å². The average Bonchev–Trinajstić information content (AvgIpc) is 2.60. The Bertz CT molecular complexity index is 898. The number of hydrogen-bond donors (Lipinski definition) is 3. The van der Waals surface area contributed by atoms with Crippen molar-refractivity contribution in [1.82, 2.24) is 10.0 Å². The molecule has 0 spiro atoms. The second-order valence-electron chi connectivity index (χ2n) is 6.19. The molecule has 0 aromatic heterocycles. The predicted molar refractivity (Wildman–Crippen MR) is 102 cm³/mol. The molecule has 0 heterocycles. The monoisotopic (exact) mass is 396 g/mol. The van der Waals surface area contributed by atoms with Crippen LogP contribution in [0.15, 0.2) is 47.4 Å². The number of hydrogen-bond acceptors (Lipinski definition) is 3. The van der Waals surface area contributed by atoms with Gasteiger partial charge in [0.25, 0.3) is 5.91 Å². The van der Waals surface area contributed by atoms with E-state index < -0.39 is 10.0 Å². The number of sulfonamides is 1. The Kier molecular flexibility index (Phi) is 6.77. The van der Waals surface area contributed by atoms with Crippen molar-refractivity contribution in [2.75, 3.05) is 21.1 Å². The predicted octanol–water partition coefficient (Wildman–Crippen LogP) is 0.823. The standard InChI is InChI=1S/C18H22ClN3O3S/c1-20-26(24,25)17-10-13(8-9-16(17)19)18(23)21-11-14-6-4-5-7-15(14)12-22(2)3/h4-10,20H,11-12H2,1-3H3,(H,21,23)/p+1. The summed E-state index contributed by atoms with van der Waals surface area (Å²) in [4.78, 5) is 13.6. The van der Waals surface area contributed by atoms with Crippen LogP contribution in [0.25, 0.3) is 0 Å². The van der Waals surface area contributed by atoms with Crippen LogP contribution in [0.5, 0.6) is 0 Å². The number of carbonyl (C=O) groups is 1. The van der Waals surface area contributed by atoms with E-state index in [1.54, 1.807) is 0 Å². The molecule has 0 atom stereocenters. The molecule has 26 heavy (non-hydrogen) atoms. The maximum absolute atomic E-state index is 12.5. The second kappa shape index (κ2) is 8.64. The molecule has 0 radical (unpaired) electrons. The quantitative estimate of drug-likeness (QED) is 0.648. The smallest absolute Gasteiger partial charge is 0.251 e. The van der Waals surface area contributed by atoms with Crippen LogP contribution in [-0.4, -0.2) is 35.5 Å². The van der Waals surface area contributed by atoms with Gasteiger partial charge in [0, 0.05) is 17.7 Å². The molecule has 0 aliphatic heterocycles. The van der Waals surface area contributed by atoms with Crippen molar-refractivity contribution >= 4 is 27.5 Å². The molecule has 8 heteroatoms. The Morgan fingerprint density at radius 2 is 1.77 bits per heavy atom. The summed E-state index contributed by atoms with van der Waals surface area (Å²) in [7, 11) is 1.68. The number of quaternary nitrogens is 1. The highest BCUT2D eigenvalue weighted by Gasteiger charge is 2.18. The Labute approximate surface area is 159 Å². The minimum absolute atomic E-state index is 0.0650. The SMILES string of the molecule is CNS(=O)(=O)c1cc(C(=O)NCc2ccccc2C[NH+](C)C)ccc1Cl. The van der Waals surface area contributed by atoms with E-state index in [0.29, 0.717) is 6.54 Å². The van der Waals surface area contributed by atoms with Crippen molar-refractivity contribution in [2.24, 2.45) is 0 Å². The molecule has 0 unspecified atom stereocenters. The normalized spacial score (nSPS) is 11.6. The summed E-state index contributed by atoms with van der Waals surface area (Å²) in [6.07, 6.45) is 0. The van der Waals surface area contributed by atoms with Crippen molar-refractivity contribution in [3.63, 3.8) is 0 Å². The zero-order valence-corrected chi connectivity index (χ0v) is 16.5. The van der Waals surface area contributed by atoms with Crippen LogP contribution in [0.4, 0.5) is 0 Å². The van der Waals surface area contributed by atoms with Crippen LogP contribution in [0.3, 0.4) is 0 Å². The molecule has 0 bridgehead atoms. The molecule has 0 fully saturated rings. The zero-order valence-electron chi connectivity index (χ0n) is 15.0. The van der Waals surface area contributed by atoms with E-state index in [-0.39, 0.29) is 21.4 Å². The largest absolute Gasteiger partial charge is 0.348 e. The lowest BCUT2D eigenvalue weighted by molar-refractivity contribution is -0.872. The first-order valence-electron chi connectivity index (χ1n) is 8.11. The van der Waals surface area contributed by atoms with Crippen molar-refractivity contribution in [1.29, 1.82) is 0 Å². The Morgan fingerprint density at radius 3 is 2.38 bits per heavy atom. The van der Waals surface area contributed by atoms with Crippen molar-refractivity contribution in [3.05, 3.63) is 64.2 Å². The van der Waals surface area contributed by atoms with Crippen LogP contribution >= 0.6 is 11.6 Å². The number of nitrogens with one attached hydrogen (secondary N) is 3. The first-order chi connectivity index (χ1) is 12.2. The fourth-order valence-corrected chi connectivity index (χ4v) is 3.77. The Hall–Kier alpha value is -1.93. The lowest BCUT2D eigenvalue weighted by atomic mass is 10.1. The molecule has 0 saturated heterocycles. The highest BCUT2D eigenvalue weighted by atomic mass is 35.5. The number of benzene rings is 2. The first-order valence-corrected chi connectivity index (χ1v) is 9.98. The van der Waals surface area contributed by atoms with Crippen molar-refractivity contribution in [2.45, 2.75) is 18.0 Å². The number of rotatable bonds is 7. The van der Waals surface area contributed by atoms with Gasteiger partial charge in [-0.2, -0.15) is 0 Å². The van der Waals surface area contributed by atoms with Crippen LogP contribution in [0.2, 0.25) is 5.02 Å². The van der Waals surface area contributed by atoms with E-state index >= 15 is 0 Å². The molecular weight excluding hydrogens is 374 g/mol. The third-order valence-corrected chi connectivity index (χ3v) is 5.75. The molecule has 0 aliphatic rings. The van der Waals surface area contributed by atoms with Gasteiger partial charge in [-0.25, -0.2) is 13.1 Å². The number of halogens is 1. The molecular formula is C18H23ClN3O3S+. The van der Waals surface area contributed by atoms with Crippen LogP contribution < -0.4 is 14.9 Å². The Balaban J connectivity index is 2.18. The number of amides is 1. The summed E-state index contributed by atoms with van der Waals surface area (Å²) in [5.41, 5.74) is 2.42. The van der Waals surface area contributed by atoms with E-state index in [4.69, 9.17) is 11.6 Å². The van der Waals surface area contributed by atoms with Gasteiger partial charge in [0.1, 0.15) is 11.4 Å². The van der Waals surface area contributed by atoms with Crippen LogP contribution in [0.1, 0.15) is 21.5 Å². The highest BCUT2D eigenvalue weighted by Crippen LogP contribution is 2.22. The third-order valence-electron chi connectivity index (χ3n) is 3.85.